The van der Waals surface area contributed by atoms with Gasteiger partial charge in [-0.05, 0) is 42.5 Å². The molecule has 2 rings (SSSR count). The minimum absolute atomic E-state index is 0. The highest BCUT2D eigenvalue weighted by Crippen LogP contribution is 2.28. The van der Waals surface area contributed by atoms with Crippen molar-refractivity contribution in [3.63, 3.8) is 0 Å². The molecule has 0 saturated carbocycles. The molecule has 0 aromatic heterocycles. The number of halogens is 1. The van der Waals surface area contributed by atoms with Gasteiger partial charge in [-0.15, -0.1) is 12.4 Å². The quantitative estimate of drug-likeness (QED) is 0.835. The molecule has 4 nitrogen and oxygen atoms in total. The number of ether oxygens (including phenoxy) is 1. The number of nitrogens with two attached hydrogens (primary N) is 1. The lowest BCUT2D eigenvalue weighted by molar-refractivity contribution is 0.0533. The molecule has 23 heavy (non-hydrogen) atoms. The molecule has 1 aromatic carbocycles. The van der Waals surface area contributed by atoms with Gasteiger partial charge in [-0.2, -0.15) is 0 Å². The van der Waals surface area contributed by atoms with E-state index in [0.29, 0.717) is 12.1 Å². The van der Waals surface area contributed by atoms with Crippen molar-refractivity contribution >= 4 is 18.3 Å². The van der Waals surface area contributed by atoms with Gasteiger partial charge < -0.3 is 15.4 Å². The standard InChI is InChI=1S/C18H28N2O2.ClH/c1-4-5-12-22-15-8-6-14(7-9-15)17(21)20-11-10-16(19)18(2,3)13-20;/h6-9,16H,4-5,10-13,19H2,1-3H3;1H. The number of nitrogens with zero attached hydrogens (tertiary/aromatic N) is 1. The molecular weight excluding hydrogens is 312 g/mol. The average molecular weight is 341 g/mol. The summed E-state index contributed by atoms with van der Waals surface area (Å²) in [6.45, 7) is 8.56. The molecule has 5 heteroatoms. The van der Waals surface area contributed by atoms with E-state index in [1.54, 1.807) is 0 Å². The minimum Gasteiger partial charge on any atom is -0.494 e. The highest BCUT2D eigenvalue weighted by atomic mass is 35.5. The summed E-state index contributed by atoms with van der Waals surface area (Å²) in [5.41, 5.74) is 6.82. The van der Waals surface area contributed by atoms with Gasteiger partial charge in [0.05, 0.1) is 6.61 Å². The second-order valence-corrected chi connectivity index (χ2v) is 6.84. The van der Waals surface area contributed by atoms with Crippen LogP contribution in [0.1, 0.15) is 50.4 Å². The lowest BCUT2D eigenvalue weighted by Crippen LogP contribution is -2.53. The molecule has 1 saturated heterocycles. The average Bonchev–Trinajstić information content (AvgIpc) is 2.50. The maximum Gasteiger partial charge on any atom is 0.253 e. The van der Waals surface area contributed by atoms with E-state index in [-0.39, 0.29) is 29.8 Å². The highest BCUT2D eigenvalue weighted by Gasteiger charge is 2.35. The molecule has 1 aromatic rings. The molecule has 1 unspecified atom stereocenters. The Morgan fingerprint density at radius 1 is 1.35 bits per heavy atom. The summed E-state index contributed by atoms with van der Waals surface area (Å²) in [4.78, 5) is 14.5. The Balaban J connectivity index is 0.00000264. The maximum atomic E-state index is 12.6. The predicted molar refractivity (Wildman–Crippen MR) is 96.4 cm³/mol. The number of piperidine rings is 1. The van der Waals surface area contributed by atoms with Crippen LogP contribution >= 0.6 is 12.4 Å². The highest BCUT2D eigenvalue weighted by molar-refractivity contribution is 5.94. The summed E-state index contributed by atoms with van der Waals surface area (Å²) in [6.07, 6.45) is 3.02. The zero-order valence-electron chi connectivity index (χ0n) is 14.4. The number of likely N-dealkylation sites (tertiary alicyclic amines) is 1. The van der Waals surface area contributed by atoms with Gasteiger partial charge in [0, 0.05) is 24.7 Å². The Labute approximate surface area is 145 Å². The van der Waals surface area contributed by atoms with Gasteiger partial charge in [-0.1, -0.05) is 27.2 Å². The largest absolute Gasteiger partial charge is 0.494 e. The third kappa shape index (κ3) is 5.11. The van der Waals surface area contributed by atoms with Crippen LogP contribution < -0.4 is 10.5 Å². The number of unbranched alkanes of at least 4 members (excludes halogenated alkanes) is 1. The number of amides is 1. The normalized spacial score (nSPS) is 19.8. The molecule has 1 atom stereocenters. The Hall–Kier alpha value is -1.26. The van der Waals surface area contributed by atoms with E-state index in [1.807, 2.05) is 29.2 Å². The van der Waals surface area contributed by atoms with Gasteiger partial charge >= 0.3 is 0 Å². The van der Waals surface area contributed by atoms with Gasteiger partial charge in [0.2, 0.25) is 0 Å². The van der Waals surface area contributed by atoms with Gasteiger partial charge in [0.1, 0.15) is 5.75 Å². The Morgan fingerprint density at radius 3 is 2.57 bits per heavy atom. The summed E-state index contributed by atoms with van der Waals surface area (Å²) in [5.74, 6) is 0.908. The van der Waals surface area contributed by atoms with E-state index in [2.05, 4.69) is 20.8 Å². The molecule has 1 heterocycles. The third-order valence-electron chi connectivity index (χ3n) is 4.47. The van der Waals surface area contributed by atoms with Crippen LogP contribution in [-0.2, 0) is 0 Å². The molecule has 2 N–H and O–H groups in total. The van der Waals surface area contributed by atoms with Crippen molar-refractivity contribution in [3.05, 3.63) is 29.8 Å². The number of hydrogen-bond acceptors (Lipinski definition) is 3. The Bertz CT molecular complexity index is 502. The summed E-state index contributed by atoms with van der Waals surface area (Å²) in [7, 11) is 0. The summed E-state index contributed by atoms with van der Waals surface area (Å²) >= 11 is 0. The van der Waals surface area contributed by atoms with Crippen LogP contribution in [0, 0.1) is 5.41 Å². The topological polar surface area (TPSA) is 55.6 Å². The fraction of sp³-hybridized carbons (Fsp3) is 0.611. The van der Waals surface area contributed by atoms with Gasteiger partial charge in [-0.3, -0.25) is 4.79 Å². The van der Waals surface area contributed by atoms with E-state index in [0.717, 1.165) is 38.2 Å². The zero-order chi connectivity index (χ0) is 16.2. The lowest BCUT2D eigenvalue weighted by Gasteiger charge is -2.42. The lowest BCUT2D eigenvalue weighted by atomic mass is 9.79. The van der Waals surface area contributed by atoms with Crippen molar-refractivity contribution in [2.24, 2.45) is 11.1 Å². The number of hydrogen-bond donors (Lipinski definition) is 1. The predicted octanol–water partition coefficient (Wildman–Crippen LogP) is 3.49. The summed E-state index contributed by atoms with van der Waals surface area (Å²) in [5, 5.41) is 0. The molecule has 0 spiro atoms. The molecule has 1 amide bonds. The Kier molecular flexibility index (Phi) is 7.36. The second-order valence-electron chi connectivity index (χ2n) is 6.84. The number of rotatable bonds is 5. The molecule has 0 aliphatic carbocycles. The van der Waals surface area contributed by atoms with Crippen molar-refractivity contribution in [3.8, 4) is 5.75 Å². The molecular formula is C18H29ClN2O2. The minimum atomic E-state index is -0.0306. The first kappa shape index (κ1) is 19.8. The van der Waals surface area contributed by atoms with Crippen LogP contribution in [0.3, 0.4) is 0 Å². The fourth-order valence-corrected chi connectivity index (χ4v) is 2.76. The van der Waals surface area contributed by atoms with Crippen molar-refractivity contribution in [2.75, 3.05) is 19.7 Å². The second kappa shape index (κ2) is 8.55. The van der Waals surface area contributed by atoms with Crippen molar-refractivity contribution in [1.29, 1.82) is 0 Å². The van der Waals surface area contributed by atoms with Crippen LogP contribution in [0.2, 0.25) is 0 Å². The monoisotopic (exact) mass is 340 g/mol. The smallest absolute Gasteiger partial charge is 0.253 e. The number of carbonyl (C=O) groups is 1. The summed E-state index contributed by atoms with van der Waals surface area (Å²) in [6, 6.07) is 7.62. The molecule has 130 valence electrons. The number of benzene rings is 1. The molecule has 1 aliphatic rings. The van der Waals surface area contributed by atoms with Crippen LogP contribution in [0.4, 0.5) is 0 Å². The van der Waals surface area contributed by atoms with Gasteiger partial charge in [-0.25, -0.2) is 0 Å². The van der Waals surface area contributed by atoms with Crippen LogP contribution in [-0.4, -0.2) is 36.5 Å². The van der Waals surface area contributed by atoms with E-state index >= 15 is 0 Å². The number of carbonyl (C=O) groups excluding carboxylic acids is 1. The molecule has 0 radical (unpaired) electrons. The summed E-state index contributed by atoms with van der Waals surface area (Å²) < 4.78 is 5.63. The van der Waals surface area contributed by atoms with Gasteiger partial charge in [0.15, 0.2) is 0 Å². The van der Waals surface area contributed by atoms with E-state index in [4.69, 9.17) is 10.5 Å². The van der Waals surface area contributed by atoms with Crippen molar-refractivity contribution in [1.82, 2.24) is 4.90 Å². The van der Waals surface area contributed by atoms with Crippen LogP contribution in [0.15, 0.2) is 24.3 Å². The fourth-order valence-electron chi connectivity index (χ4n) is 2.76. The van der Waals surface area contributed by atoms with Crippen LogP contribution in [0.5, 0.6) is 5.75 Å². The van der Waals surface area contributed by atoms with E-state index < -0.39 is 0 Å². The molecule has 1 fully saturated rings. The molecule has 1 aliphatic heterocycles. The maximum absolute atomic E-state index is 12.6. The van der Waals surface area contributed by atoms with Crippen molar-refractivity contribution in [2.45, 2.75) is 46.1 Å². The first-order valence-electron chi connectivity index (χ1n) is 8.22. The molecule has 0 bridgehead atoms. The van der Waals surface area contributed by atoms with Crippen LogP contribution in [0.25, 0.3) is 0 Å². The van der Waals surface area contributed by atoms with Gasteiger partial charge in [0.25, 0.3) is 5.91 Å². The zero-order valence-corrected chi connectivity index (χ0v) is 15.2. The first-order valence-corrected chi connectivity index (χ1v) is 8.22. The van der Waals surface area contributed by atoms with E-state index in [9.17, 15) is 4.79 Å². The Morgan fingerprint density at radius 2 is 2.00 bits per heavy atom. The van der Waals surface area contributed by atoms with E-state index in [1.165, 1.54) is 0 Å². The third-order valence-corrected chi connectivity index (χ3v) is 4.47. The van der Waals surface area contributed by atoms with Crippen molar-refractivity contribution < 1.29 is 9.53 Å². The first-order chi connectivity index (χ1) is 10.4. The SMILES string of the molecule is CCCCOc1ccc(C(=O)N2CCC(N)C(C)(C)C2)cc1.Cl.